The first-order valence-corrected chi connectivity index (χ1v) is 6.38. The zero-order valence-electron chi connectivity index (χ0n) is 8.59. The molecule has 0 N–H and O–H groups in total. The Labute approximate surface area is 111 Å². The Hall–Kier alpha value is -0.860. The molecular weight excluding hydrogens is 338 g/mol. The maximum atomic E-state index is 11.2. The van der Waals surface area contributed by atoms with E-state index >= 15 is 0 Å². The predicted octanol–water partition coefficient (Wildman–Crippen LogP) is 2.93. The summed E-state index contributed by atoms with van der Waals surface area (Å²) in [6.45, 7) is 0. The van der Waals surface area contributed by atoms with E-state index in [0.29, 0.717) is 16.5 Å². The van der Waals surface area contributed by atoms with E-state index in [-0.39, 0.29) is 12.4 Å². The number of rotatable bonds is 3. The number of methoxy groups -OCH3 is 1. The number of carbonyl (C=O) groups excluding carboxylic acids is 1. The molecule has 0 amide bonds. The van der Waals surface area contributed by atoms with Crippen LogP contribution in [0.3, 0.4) is 0 Å². The Kier molecular flexibility index (Phi) is 4.97. The number of carbonyl (C=O) groups is 1. The highest BCUT2D eigenvalue weighted by Crippen LogP contribution is 2.24. The van der Waals surface area contributed by atoms with E-state index < -0.39 is 0 Å². The molecule has 0 spiro atoms. The Balaban J connectivity index is 3.14. The quantitative estimate of drug-likeness (QED) is 0.624. The number of alkyl halides is 1. The van der Waals surface area contributed by atoms with Crippen LogP contribution >= 0.6 is 31.9 Å². The van der Waals surface area contributed by atoms with Crippen molar-refractivity contribution in [2.24, 2.45) is 0 Å². The third-order valence-corrected chi connectivity index (χ3v) is 3.44. The summed E-state index contributed by atoms with van der Waals surface area (Å²) in [5.41, 5.74) is 2.15. The van der Waals surface area contributed by atoms with Crippen LogP contribution in [0.4, 0.5) is 0 Å². The molecule has 0 radical (unpaired) electrons. The molecule has 16 heavy (non-hydrogen) atoms. The zero-order chi connectivity index (χ0) is 12.1. The number of halogens is 2. The normalized spacial score (nSPS) is 9.62. The first kappa shape index (κ1) is 13.2. The lowest BCUT2D eigenvalue weighted by Gasteiger charge is -2.07. The Morgan fingerprint density at radius 3 is 2.69 bits per heavy atom. The van der Waals surface area contributed by atoms with Gasteiger partial charge in [-0.1, -0.05) is 31.9 Å². The standard InChI is InChI=1S/C11H9Br2NO2/c1-16-11(15)4-7-3-10(13)8(5-12)2-9(7)6-14/h2-3H,4-5H2,1H3. The van der Waals surface area contributed by atoms with Crippen molar-refractivity contribution in [2.75, 3.05) is 7.11 Å². The number of nitriles is 1. The second-order valence-electron chi connectivity index (χ2n) is 3.10. The van der Waals surface area contributed by atoms with Gasteiger partial charge in [-0.05, 0) is 23.3 Å². The second kappa shape index (κ2) is 6.02. The highest BCUT2D eigenvalue weighted by Gasteiger charge is 2.11. The monoisotopic (exact) mass is 345 g/mol. The highest BCUT2D eigenvalue weighted by atomic mass is 79.9. The molecule has 0 atom stereocenters. The molecule has 0 heterocycles. The van der Waals surface area contributed by atoms with Gasteiger partial charge in [0, 0.05) is 9.80 Å². The number of ether oxygens (including phenoxy) is 1. The molecule has 1 aromatic rings. The van der Waals surface area contributed by atoms with E-state index in [4.69, 9.17) is 5.26 Å². The van der Waals surface area contributed by atoms with E-state index in [0.717, 1.165) is 10.0 Å². The Morgan fingerprint density at radius 1 is 1.50 bits per heavy atom. The minimum atomic E-state index is -0.352. The van der Waals surface area contributed by atoms with Gasteiger partial charge < -0.3 is 4.74 Å². The van der Waals surface area contributed by atoms with Crippen molar-refractivity contribution in [3.63, 3.8) is 0 Å². The van der Waals surface area contributed by atoms with Crippen LogP contribution < -0.4 is 0 Å². The van der Waals surface area contributed by atoms with Gasteiger partial charge in [0.1, 0.15) is 0 Å². The summed E-state index contributed by atoms with van der Waals surface area (Å²) in [5, 5.41) is 9.64. The summed E-state index contributed by atoms with van der Waals surface area (Å²) in [6.07, 6.45) is 0.112. The van der Waals surface area contributed by atoms with E-state index in [1.54, 1.807) is 12.1 Å². The fourth-order valence-electron chi connectivity index (χ4n) is 1.24. The van der Waals surface area contributed by atoms with E-state index in [1.165, 1.54) is 7.11 Å². The summed E-state index contributed by atoms with van der Waals surface area (Å²) < 4.78 is 5.45. The SMILES string of the molecule is COC(=O)Cc1cc(Br)c(CBr)cc1C#N. The van der Waals surface area contributed by atoms with Crippen LogP contribution in [0.25, 0.3) is 0 Å². The van der Waals surface area contributed by atoms with Crippen molar-refractivity contribution in [1.29, 1.82) is 5.26 Å². The average molecular weight is 347 g/mol. The number of hydrogen-bond acceptors (Lipinski definition) is 3. The number of hydrogen-bond donors (Lipinski definition) is 0. The lowest BCUT2D eigenvalue weighted by molar-refractivity contribution is -0.139. The van der Waals surface area contributed by atoms with Gasteiger partial charge in [-0.25, -0.2) is 0 Å². The van der Waals surface area contributed by atoms with Crippen LogP contribution in [0.1, 0.15) is 16.7 Å². The maximum absolute atomic E-state index is 11.2. The molecule has 0 aliphatic heterocycles. The van der Waals surface area contributed by atoms with Gasteiger partial charge in [0.2, 0.25) is 0 Å². The first-order chi connectivity index (χ1) is 7.62. The molecule has 0 aliphatic carbocycles. The first-order valence-electron chi connectivity index (χ1n) is 4.46. The minimum Gasteiger partial charge on any atom is -0.469 e. The van der Waals surface area contributed by atoms with Crippen molar-refractivity contribution < 1.29 is 9.53 Å². The maximum Gasteiger partial charge on any atom is 0.310 e. The van der Waals surface area contributed by atoms with Gasteiger partial charge in [-0.2, -0.15) is 5.26 Å². The van der Waals surface area contributed by atoms with Gasteiger partial charge >= 0.3 is 5.97 Å². The van der Waals surface area contributed by atoms with E-state index in [2.05, 4.69) is 42.7 Å². The molecule has 0 saturated heterocycles. The summed E-state index contributed by atoms with van der Waals surface area (Å²) in [7, 11) is 1.33. The third kappa shape index (κ3) is 3.06. The molecule has 84 valence electrons. The molecule has 0 fully saturated rings. The Bertz CT molecular complexity index is 452. The second-order valence-corrected chi connectivity index (χ2v) is 4.51. The lowest BCUT2D eigenvalue weighted by atomic mass is 10.0. The van der Waals surface area contributed by atoms with E-state index in [9.17, 15) is 4.79 Å². The fraction of sp³-hybridized carbons (Fsp3) is 0.273. The summed E-state index contributed by atoms with van der Waals surface area (Å²) in [5.74, 6) is -0.352. The minimum absolute atomic E-state index is 0.112. The summed E-state index contributed by atoms with van der Waals surface area (Å²) >= 11 is 6.72. The molecule has 0 saturated carbocycles. The van der Waals surface area contributed by atoms with Gasteiger partial charge in [0.05, 0.1) is 25.2 Å². The van der Waals surface area contributed by atoms with Crippen LogP contribution in [-0.4, -0.2) is 13.1 Å². The van der Waals surface area contributed by atoms with Crippen LogP contribution in [0.5, 0.6) is 0 Å². The largest absolute Gasteiger partial charge is 0.469 e. The van der Waals surface area contributed by atoms with Crippen LogP contribution in [0.2, 0.25) is 0 Å². The number of benzene rings is 1. The van der Waals surface area contributed by atoms with Crippen LogP contribution in [-0.2, 0) is 21.3 Å². The van der Waals surface area contributed by atoms with Crippen LogP contribution in [0.15, 0.2) is 16.6 Å². The van der Waals surface area contributed by atoms with Crippen molar-refractivity contribution in [3.05, 3.63) is 33.3 Å². The molecule has 0 aromatic heterocycles. The molecule has 5 heteroatoms. The van der Waals surface area contributed by atoms with Crippen LogP contribution in [0, 0.1) is 11.3 Å². The summed E-state index contributed by atoms with van der Waals surface area (Å²) in [4.78, 5) is 11.2. The van der Waals surface area contributed by atoms with Crippen molar-refractivity contribution in [3.8, 4) is 6.07 Å². The van der Waals surface area contributed by atoms with Crippen molar-refractivity contribution in [2.45, 2.75) is 11.8 Å². The lowest BCUT2D eigenvalue weighted by Crippen LogP contribution is -2.06. The summed E-state index contributed by atoms with van der Waals surface area (Å²) in [6, 6.07) is 5.62. The highest BCUT2D eigenvalue weighted by molar-refractivity contribution is 9.10. The smallest absolute Gasteiger partial charge is 0.310 e. The van der Waals surface area contributed by atoms with Gasteiger partial charge in [0.25, 0.3) is 0 Å². The van der Waals surface area contributed by atoms with E-state index in [1.807, 2.05) is 0 Å². The fourth-order valence-corrected chi connectivity index (χ4v) is 2.61. The number of nitrogens with zero attached hydrogens (tertiary/aromatic N) is 1. The van der Waals surface area contributed by atoms with Gasteiger partial charge in [-0.15, -0.1) is 0 Å². The molecular formula is C11H9Br2NO2. The molecule has 0 bridgehead atoms. The molecule has 0 aliphatic rings. The van der Waals surface area contributed by atoms with Gasteiger partial charge in [0.15, 0.2) is 0 Å². The topological polar surface area (TPSA) is 50.1 Å². The molecule has 3 nitrogen and oxygen atoms in total. The Morgan fingerprint density at radius 2 is 2.19 bits per heavy atom. The zero-order valence-corrected chi connectivity index (χ0v) is 11.8. The predicted molar refractivity (Wildman–Crippen MR) is 67.2 cm³/mol. The average Bonchev–Trinajstić information content (AvgIpc) is 2.29. The molecule has 0 unspecified atom stereocenters. The molecule has 1 rings (SSSR count). The number of esters is 1. The third-order valence-electron chi connectivity index (χ3n) is 2.10. The van der Waals surface area contributed by atoms with Crippen molar-refractivity contribution in [1.82, 2.24) is 0 Å². The molecule has 1 aromatic carbocycles. The van der Waals surface area contributed by atoms with Crippen molar-refractivity contribution >= 4 is 37.8 Å². The van der Waals surface area contributed by atoms with Gasteiger partial charge in [-0.3, -0.25) is 4.79 Å².